The SMILES string of the molecule is COc1ccc(C#CCO)c(COCC2CC2)c1. The van der Waals surface area contributed by atoms with E-state index in [-0.39, 0.29) is 6.61 Å². The van der Waals surface area contributed by atoms with Crippen molar-refractivity contribution >= 4 is 0 Å². The topological polar surface area (TPSA) is 38.7 Å². The fraction of sp³-hybridized carbons (Fsp3) is 0.467. The average Bonchev–Trinajstić information content (AvgIpc) is 3.21. The van der Waals surface area contributed by atoms with Crippen molar-refractivity contribution in [1.82, 2.24) is 0 Å². The first-order valence-electron chi connectivity index (χ1n) is 6.18. The van der Waals surface area contributed by atoms with E-state index in [9.17, 15) is 0 Å². The minimum Gasteiger partial charge on any atom is -0.497 e. The van der Waals surface area contributed by atoms with Crippen LogP contribution in [-0.2, 0) is 11.3 Å². The van der Waals surface area contributed by atoms with E-state index < -0.39 is 0 Å². The number of hydrogen-bond donors (Lipinski definition) is 1. The summed E-state index contributed by atoms with van der Waals surface area (Å²) in [7, 11) is 1.64. The smallest absolute Gasteiger partial charge is 0.119 e. The van der Waals surface area contributed by atoms with Gasteiger partial charge in [-0.2, -0.15) is 0 Å². The fourth-order valence-electron chi connectivity index (χ4n) is 1.69. The number of benzene rings is 1. The molecule has 3 heteroatoms. The molecule has 0 atom stereocenters. The van der Waals surface area contributed by atoms with E-state index in [1.54, 1.807) is 7.11 Å². The molecule has 0 saturated heterocycles. The van der Waals surface area contributed by atoms with E-state index in [2.05, 4.69) is 11.8 Å². The zero-order valence-electron chi connectivity index (χ0n) is 10.6. The van der Waals surface area contributed by atoms with Crippen LogP contribution in [0.4, 0.5) is 0 Å². The van der Waals surface area contributed by atoms with Gasteiger partial charge in [-0.25, -0.2) is 0 Å². The standard InChI is InChI=1S/C15H18O3/c1-17-15-7-6-13(3-2-8-16)14(9-15)11-18-10-12-4-5-12/h6-7,9,12,16H,4-5,8,10-11H2,1H3. The van der Waals surface area contributed by atoms with Crippen molar-refractivity contribution in [1.29, 1.82) is 0 Å². The number of ether oxygens (including phenoxy) is 2. The summed E-state index contributed by atoms with van der Waals surface area (Å²) in [6.45, 7) is 1.24. The molecule has 0 unspecified atom stereocenters. The molecule has 96 valence electrons. The molecule has 0 aromatic heterocycles. The third-order valence-corrected chi connectivity index (χ3v) is 2.92. The zero-order valence-corrected chi connectivity index (χ0v) is 10.6. The summed E-state index contributed by atoms with van der Waals surface area (Å²) in [5.74, 6) is 7.15. The molecule has 1 aliphatic carbocycles. The quantitative estimate of drug-likeness (QED) is 0.807. The summed E-state index contributed by atoms with van der Waals surface area (Å²) >= 11 is 0. The van der Waals surface area contributed by atoms with Crippen LogP contribution in [0, 0.1) is 17.8 Å². The normalized spacial score (nSPS) is 13.9. The van der Waals surface area contributed by atoms with Gasteiger partial charge in [0.1, 0.15) is 12.4 Å². The summed E-state index contributed by atoms with van der Waals surface area (Å²) in [4.78, 5) is 0. The summed E-state index contributed by atoms with van der Waals surface area (Å²) in [5, 5.41) is 8.75. The second kappa shape index (κ2) is 6.44. The van der Waals surface area contributed by atoms with Crippen LogP contribution in [0.1, 0.15) is 24.0 Å². The lowest BCUT2D eigenvalue weighted by atomic mass is 10.1. The highest BCUT2D eigenvalue weighted by Crippen LogP contribution is 2.29. The lowest BCUT2D eigenvalue weighted by Gasteiger charge is -2.08. The summed E-state index contributed by atoms with van der Waals surface area (Å²) in [6.07, 6.45) is 2.57. The van der Waals surface area contributed by atoms with Crippen molar-refractivity contribution in [3.63, 3.8) is 0 Å². The number of hydrogen-bond acceptors (Lipinski definition) is 3. The number of aliphatic hydroxyl groups excluding tert-OH is 1. The van der Waals surface area contributed by atoms with E-state index in [1.165, 1.54) is 12.8 Å². The van der Waals surface area contributed by atoms with Gasteiger partial charge in [0.25, 0.3) is 0 Å². The van der Waals surface area contributed by atoms with E-state index >= 15 is 0 Å². The maximum atomic E-state index is 8.75. The summed E-state index contributed by atoms with van der Waals surface area (Å²) in [5.41, 5.74) is 1.90. The number of methoxy groups -OCH3 is 1. The van der Waals surface area contributed by atoms with E-state index in [0.717, 1.165) is 29.4 Å². The highest BCUT2D eigenvalue weighted by Gasteiger charge is 2.21. The monoisotopic (exact) mass is 246 g/mol. The van der Waals surface area contributed by atoms with E-state index in [4.69, 9.17) is 14.6 Å². The van der Waals surface area contributed by atoms with Gasteiger partial charge < -0.3 is 14.6 Å². The Balaban J connectivity index is 2.06. The Bertz CT molecular complexity index is 453. The third kappa shape index (κ3) is 3.76. The molecule has 0 radical (unpaired) electrons. The van der Waals surface area contributed by atoms with Gasteiger partial charge in [-0.05, 0) is 42.5 Å². The first-order valence-corrected chi connectivity index (χ1v) is 6.18. The van der Waals surface area contributed by atoms with Crippen molar-refractivity contribution in [3.8, 4) is 17.6 Å². The Labute approximate surface area is 108 Å². The highest BCUT2D eigenvalue weighted by molar-refractivity contribution is 5.45. The molecule has 0 spiro atoms. The third-order valence-electron chi connectivity index (χ3n) is 2.92. The van der Waals surface area contributed by atoms with Gasteiger partial charge in [-0.15, -0.1) is 0 Å². The predicted molar refractivity (Wildman–Crippen MR) is 69.3 cm³/mol. The summed E-state index contributed by atoms with van der Waals surface area (Å²) in [6, 6.07) is 5.71. The van der Waals surface area contributed by atoms with Gasteiger partial charge in [0.05, 0.1) is 13.7 Å². The van der Waals surface area contributed by atoms with Gasteiger partial charge in [0.15, 0.2) is 0 Å². The van der Waals surface area contributed by atoms with Gasteiger partial charge >= 0.3 is 0 Å². The molecule has 18 heavy (non-hydrogen) atoms. The van der Waals surface area contributed by atoms with Crippen LogP contribution in [0.25, 0.3) is 0 Å². The molecule has 1 aromatic carbocycles. The van der Waals surface area contributed by atoms with Crippen LogP contribution >= 0.6 is 0 Å². The van der Waals surface area contributed by atoms with Crippen molar-refractivity contribution in [2.75, 3.05) is 20.3 Å². The first-order chi connectivity index (χ1) is 8.83. The average molecular weight is 246 g/mol. The molecule has 0 aliphatic heterocycles. The molecule has 1 aromatic rings. The second-order valence-corrected chi connectivity index (χ2v) is 4.44. The lowest BCUT2D eigenvalue weighted by molar-refractivity contribution is 0.111. The minimum atomic E-state index is -0.131. The lowest BCUT2D eigenvalue weighted by Crippen LogP contribution is -2.00. The molecular weight excluding hydrogens is 228 g/mol. The largest absolute Gasteiger partial charge is 0.497 e. The van der Waals surface area contributed by atoms with Gasteiger partial charge in [-0.1, -0.05) is 11.8 Å². The Morgan fingerprint density at radius 3 is 2.89 bits per heavy atom. The molecular formula is C15H18O3. The number of rotatable bonds is 5. The van der Waals surface area contributed by atoms with E-state index in [0.29, 0.717) is 6.61 Å². The Morgan fingerprint density at radius 2 is 2.22 bits per heavy atom. The maximum absolute atomic E-state index is 8.75. The molecule has 3 nitrogen and oxygen atoms in total. The minimum absolute atomic E-state index is 0.131. The van der Waals surface area contributed by atoms with Gasteiger partial charge in [0, 0.05) is 12.2 Å². The highest BCUT2D eigenvalue weighted by atomic mass is 16.5. The Kier molecular flexibility index (Phi) is 4.63. The van der Waals surface area contributed by atoms with Crippen LogP contribution < -0.4 is 4.74 Å². The van der Waals surface area contributed by atoms with Crippen LogP contribution in [0.15, 0.2) is 18.2 Å². The first kappa shape index (κ1) is 12.9. The Morgan fingerprint density at radius 1 is 1.39 bits per heavy atom. The molecule has 1 saturated carbocycles. The molecule has 1 fully saturated rings. The van der Waals surface area contributed by atoms with E-state index in [1.807, 2.05) is 18.2 Å². The molecule has 0 bridgehead atoms. The molecule has 2 rings (SSSR count). The zero-order chi connectivity index (χ0) is 12.8. The van der Waals surface area contributed by atoms with Gasteiger partial charge in [-0.3, -0.25) is 0 Å². The molecule has 1 N–H and O–H groups in total. The maximum Gasteiger partial charge on any atom is 0.119 e. The molecule has 1 aliphatic rings. The van der Waals surface area contributed by atoms with Crippen LogP contribution in [0.3, 0.4) is 0 Å². The van der Waals surface area contributed by atoms with Crippen LogP contribution in [0.2, 0.25) is 0 Å². The van der Waals surface area contributed by atoms with Crippen molar-refractivity contribution in [2.45, 2.75) is 19.4 Å². The van der Waals surface area contributed by atoms with Crippen LogP contribution in [-0.4, -0.2) is 25.4 Å². The Hall–Kier alpha value is -1.50. The van der Waals surface area contributed by atoms with Crippen LogP contribution in [0.5, 0.6) is 5.75 Å². The van der Waals surface area contributed by atoms with Crippen molar-refractivity contribution in [3.05, 3.63) is 29.3 Å². The van der Waals surface area contributed by atoms with Crippen molar-refractivity contribution in [2.24, 2.45) is 5.92 Å². The number of aliphatic hydroxyl groups is 1. The molecule has 0 amide bonds. The van der Waals surface area contributed by atoms with Gasteiger partial charge in [0.2, 0.25) is 0 Å². The fourth-order valence-corrected chi connectivity index (χ4v) is 1.69. The predicted octanol–water partition coefficient (Wildman–Crippen LogP) is 1.97. The molecule has 0 heterocycles. The second-order valence-electron chi connectivity index (χ2n) is 4.44. The van der Waals surface area contributed by atoms with Crippen molar-refractivity contribution < 1.29 is 14.6 Å². The summed E-state index contributed by atoms with van der Waals surface area (Å²) < 4.78 is 10.9.